The van der Waals surface area contributed by atoms with Gasteiger partial charge in [-0.3, -0.25) is 0 Å². The number of likely N-dealkylation sites (tertiary alicyclic amines) is 1. The van der Waals surface area contributed by atoms with Gasteiger partial charge in [-0.1, -0.05) is 12.1 Å². The summed E-state index contributed by atoms with van der Waals surface area (Å²) in [5, 5.41) is 0. The molecule has 0 saturated carbocycles. The molecule has 0 spiro atoms. The number of benzene rings is 1. The molecule has 0 amide bonds. The molecule has 1 saturated heterocycles. The topological polar surface area (TPSA) is 59.0 Å². The number of fused-ring (bicyclic) bond motifs is 1. The molecule has 0 radical (unpaired) electrons. The lowest BCUT2D eigenvalue weighted by molar-refractivity contribution is 0.0843. The molecule has 1 unspecified atom stereocenters. The predicted octanol–water partition coefficient (Wildman–Crippen LogP) is 1.88. The molecular formula is C15H20N2O3S. The van der Waals surface area contributed by atoms with Crippen LogP contribution in [0.25, 0.3) is 0 Å². The third-order valence-corrected chi connectivity index (χ3v) is 5.31. The Morgan fingerprint density at radius 3 is 3.00 bits per heavy atom. The van der Waals surface area contributed by atoms with Crippen LogP contribution in [0.1, 0.15) is 25.3 Å². The first-order valence-electron chi connectivity index (χ1n) is 7.39. The van der Waals surface area contributed by atoms with Gasteiger partial charge in [0.25, 0.3) is 10.0 Å². The van der Waals surface area contributed by atoms with Crippen molar-refractivity contribution < 1.29 is 13.2 Å². The van der Waals surface area contributed by atoms with Crippen LogP contribution in [-0.4, -0.2) is 45.5 Å². The van der Waals surface area contributed by atoms with Gasteiger partial charge in [-0.2, -0.15) is 8.42 Å². The van der Waals surface area contributed by atoms with Crippen molar-refractivity contribution in [2.24, 2.45) is 10.3 Å². The Labute approximate surface area is 125 Å². The zero-order valence-electron chi connectivity index (χ0n) is 12.2. The van der Waals surface area contributed by atoms with Gasteiger partial charge >= 0.3 is 0 Å². The number of hydrogen-bond donors (Lipinski definition) is 0. The van der Waals surface area contributed by atoms with Crippen molar-refractivity contribution in [3.63, 3.8) is 0 Å². The summed E-state index contributed by atoms with van der Waals surface area (Å²) in [6.07, 6.45) is 2.16. The van der Waals surface area contributed by atoms with E-state index in [1.54, 1.807) is 12.1 Å². The standard InChI is InChI=1S/C15H20N2O3S/c1-2-20-11-12-6-5-9-17(10-12)15-13-7-3-4-8-14(13)21(18,19)16-15/h3-4,7-8,12H,2,5-6,9-11H2,1H3. The van der Waals surface area contributed by atoms with Crippen molar-refractivity contribution in [1.29, 1.82) is 0 Å². The predicted molar refractivity (Wildman–Crippen MR) is 81.0 cm³/mol. The fraction of sp³-hybridized carbons (Fsp3) is 0.533. The summed E-state index contributed by atoms with van der Waals surface area (Å²) in [5.41, 5.74) is 0.731. The third kappa shape index (κ3) is 2.82. The van der Waals surface area contributed by atoms with Crippen LogP contribution < -0.4 is 0 Å². The lowest BCUT2D eigenvalue weighted by Gasteiger charge is -2.33. The zero-order chi connectivity index (χ0) is 14.9. The quantitative estimate of drug-likeness (QED) is 0.855. The highest BCUT2D eigenvalue weighted by Crippen LogP contribution is 2.29. The molecule has 0 bridgehead atoms. The van der Waals surface area contributed by atoms with E-state index in [9.17, 15) is 8.42 Å². The second kappa shape index (κ2) is 5.77. The molecule has 0 aromatic heterocycles. The lowest BCUT2D eigenvalue weighted by atomic mass is 9.98. The van der Waals surface area contributed by atoms with Gasteiger partial charge in [0.2, 0.25) is 0 Å². The number of amidine groups is 1. The lowest BCUT2D eigenvalue weighted by Crippen LogP contribution is -2.41. The first kappa shape index (κ1) is 14.5. The zero-order valence-corrected chi connectivity index (χ0v) is 13.0. The first-order chi connectivity index (χ1) is 10.1. The Bertz CT molecular complexity index is 655. The van der Waals surface area contributed by atoms with Crippen molar-refractivity contribution in [3.05, 3.63) is 29.8 Å². The molecule has 1 fully saturated rings. The molecular weight excluding hydrogens is 288 g/mol. The SMILES string of the molecule is CCOCC1CCCN(C2=NS(=O)(=O)c3ccccc32)C1. The van der Waals surface area contributed by atoms with Crippen LogP contribution in [0.2, 0.25) is 0 Å². The van der Waals surface area contributed by atoms with E-state index in [0.29, 0.717) is 23.3 Å². The van der Waals surface area contributed by atoms with Crippen molar-refractivity contribution in [3.8, 4) is 0 Å². The Kier molecular flexibility index (Phi) is 3.99. The Balaban J connectivity index is 1.84. The van der Waals surface area contributed by atoms with Gasteiger partial charge in [-0.05, 0) is 37.8 Å². The molecule has 1 aromatic rings. The summed E-state index contributed by atoms with van der Waals surface area (Å²) < 4.78 is 33.8. The number of ether oxygens (including phenoxy) is 1. The summed E-state index contributed by atoms with van der Waals surface area (Å²) in [5.74, 6) is 1.05. The molecule has 3 rings (SSSR count). The van der Waals surface area contributed by atoms with E-state index in [2.05, 4.69) is 9.30 Å². The number of rotatable bonds is 3. The Hall–Kier alpha value is -1.40. The second-order valence-electron chi connectivity index (χ2n) is 5.50. The Morgan fingerprint density at radius 1 is 1.38 bits per heavy atom. The maximum absolute atomic E-state index is 12.1. The molecule has 0 N–H and O–H groups in total. The second-order valence-corrected chi connectivity index (χ2v) is 7.07. The van der Waals surface area contributed by atoms with Crippen LogP contribution in [0, 0.1) is 5.92 Å². The minimum atomic E-state index is -3.52. The molecule has 0 aliphatic carbocycles. The minimum absolute atomic E-state index is 0.326. The first-order valence-corrected chi connectivity index (χ1v) is 8.83. The molecule has 2 aliphatic heterocycles. The van der Waals surface area contributed by atoms with Gasteiger partial charge in [0, 0.05) is 25.3 Å². The fourth-order valence-electron chi connectivity index (χ4n) is 2.99. The average Bonchev–Trinajstić information content (AvgIpc) is 2.78. The average molecular weight is 308 g/mol. The van der Waals surface area contributed by atoms with E-state index in [4.69, 9.17) is 4.74 Å². The van der Waals surface area contributed by atoms with Gasteiger partial charge in [0.15, 0.2) is 5.84 Å². The van der Waals surface area contributed by atoms with Crippen LogP contribution >= 0.6 is 0 Å². The highest BCUT2D eigenvalue weighted by Gasteiger charge is 2.33. The van der Waals surface area contributed by atoms with Crippen molar-refractivity contribution in [1.82, 2.24) is 4.90 Å². The van der Waals surface area contributed by atoms with Crippen LogP contribution in [0.4, 0.5) is 0 Å². The number of piperidine rings is 1. The molecule has 2 heterocycles. The monoisotopic (exact) mass is 308 g/mol. The van der Waals surface area contributed by atoms with E-state index >= 15 is 0 Å². The number of hydrogen-bond acceptors (Lipinski definition) is 4. The minimum Gasteiger partial charge on any atom is -0.381 e. The van der Waals surface area contributed by atoms with Crippen LogP contribution in [0.15, 0.2) is 33.6 Å². The normalized spacial score (nSPS) is 23.8. The van der Waals surface area contributed by atoms with E-state index in [-0.39, 0.29) is 0 Å². The maximum atomic E-state index is 12.1. The molecule has 1 atom stereocenters. The highest BCUT2D eigenvalue weighted by atomic mass is 32.2. The molecule has 21 heavy (non-hydrogen) atoms. The maximum Gasteiger partial charge on any atom is 0.285 e. The molecule has 5 nitrogen and oxygen atoms in total. The summed E-state index contributed by atoms with van der Waals surface area (Å²) in [4.78, 5) is 2.42. The van der Waals surface area contributed by atoms with Gasteiger partial charge in [-0.25, -0.2) is 0 Å². The summed E-state index contributed by atoms with van der Waals surface area (Å²) in [6, 6.07) is 7.06. The number of nitrogens with zero attached hydrogens (tertiary/aromatic N) is 2. The van der Waals surface area contributed by atoms with Gasteiger partial charge in [-0.15, -0.1) is 4.40 Å². The van der Waals surface area contributed by atoms with Crippen LogP contribution in [0.3, 0.4) is 0 Å². The van der Waals surface area contributed by atoms with Gasteiger partial charge in [0.05, 0.1) is 6.61 Å². The molecule has 114 valence electrons. The van der Waals surface area contributed by atoms with E-state index < -0.39 is 10.0 Å². The highest BCUT2D eigenvalue weighted by molar-refractivity contribution is 7.90. The summed E-state index contributed by atoms with van der Waals surface area (Å²) in [6.45, 7) is 5.10. The summed E-state index contributed by atoms with van der Waals surface area (Å²) in [7, 11) is -3.52. The fourth-order valence-corrected chi connectivity index (χ4v) is 4.22. The van der Waals surface area contributed by atoms with Crippen molar-refractivity contribution >= 4 is 15.9 Å². The summed E-state index contributed by atoms with van der Waals surface area (Å²) >= 11 is 0. The molecule has 2 aliphatic rings. The van der Waals surface area contributed by atoms with Crippen molar-refractivity contribution in [2.75, 3.05) is 26.3 Å². The number of sulfonamides is 1. The third-order valence-electron chi connectivity index (χ3n) is 3.99. The van der Waals surface area contributed by atoms with E-state index in [0.717, 1.165) is 38.1 Å². The van der Waals surface area contributed by atoms with Crippen LogP contribution in [-0.2, 0) is 14.8 Å². The van der Waals surface area contributed by atoms with Gasteiger partial charge in [0.1, 0.15) is 4.90 Å². The van der Waals surface area contributed by atoms with Crippen molar-refractivity contribution in [2.45, 2.75) is 24.7 Å². The van der Waals surface area contributed by atoms with Gasteiger partial charge < -0.3 is 9.64 Å². The molecule has 1 aromatic carbocycles. The smallest absolute Gasteiger partial charge is 0.285 e. The Morgan fingerprint density at radius 2 is 2.19 bits per heavy atom. The van der Waals surface area contributed by atoms with E-state index in [1.807, 2.05) is 19.1 Å². The van der Waals surface area contributed by atoms with Crippen LogP contribution in [0.5, 0.6) is 0 Å². The largest absolute Gasteiger partial charge is 0.381 e. The van der Waals surface area contributed by atoms with E-state index in [1.165, 1.54) is 0 Å². The molecule has 6 heteroatoms.